The Morgan fingerprint density at radius 3 is 2.80 bits per heavy atom. The lowest BCUT2D eigenvalue weighted by molar-refractivity contribution is 0.179. The van der Waals surface area contributed by atoms with Gasteiger partial charge in [0.05, 0.1) is 7.11 Å². The van der Waals surface area contributed by atoms with E-state index in [-0.39, 0.29) is 17.8 Å². The summed E-state index contributed by atoms with van der Waals surface area (Å²) in [6.07, 6.45) is 1.84. The van der Waals surface area contributed by atoms with Crippen LogP contribution in [-0.2, 0) is 6.54 Å². The number of aromatic nitrogens is 2. The molecule has 2 heterocycles. The fraction of sp³-hybridized carbons (Fsp3) is 0.318. The topological polar surface area (TPSA) is 67.3 Å². The van der Waals surface area contributed by atoms with Gasteiger partial charge in [0.2, 0.25) is 0 Å². The van der Waals surface area contributed by atoms with Crippen molar-refractivity contribution in [1.82, 2.24) is 20.4 Å². The first kappa shape index (κ1) is 20.3. The maximum absolute atomic E-state index is 14.0. The molecule has 1 atom stereocenters. The first-order valence-corrected chi connectivity index (χ1v) is 10.7. The van der Waals surface area contributed by atoms with Gasteiger partial charge in [0.1, 0.15) is 16.6 Å². The lowest BCUT2D eigenvalue weighted by Gasteiger charge is -2.31. The van der Waals surface area contributed by atoms with Crippen LogP contribution in [0.4, 0.5) is 9.18 Å². The first-order valence-electron chi connectivity index (χ1n) is 9.88. The summed E-state index contributed by atoms with van der Waals surface area (Å²) in [5.41, 5.74) is 1.47. The van der Waals surface area contributed by atoms with Crippen LogP contribution < -0.4 is 10.1 Å². The Hall–Kier alpha value is -3.00. The Bertz CT molecular complexity index is 1010. The smallest absolute Gasteiger partial charge is 0.317 e. The number of carbonyl (C=O) groups is 1. The molecule has 0 radical (unpaired) electrons. The van der Waals surface area contributed by atoms with Crippen molar-refractivity contribution in [1.29, 1.82) is 0 Å². The van der Waals surface area contributed by atoms with Crippen LogP contribution in [0.25, 0.3) is 10.6 Å². The Balaban J connectivity index is 1.37. The van der Waals surface area contributed by atoms with Crippen molar-refractivity contribution < 1.29 is 13.9 Å². The number of methoxy groups -OCH3 is 1. The molecule has 1 N–H and O–H groups in total. The number of hydrogen-bond acceptors (Lipinski definition) is 5. The molecule has 1 fully saturated rings. The van der Waals surface area contributed by atoms with E-state index in [2.05, 4.69) is 15.5 Å². The fourth-order valence-corrected chi connectivity index (χ4v) is 4.54. The van der Waals surface area contributed by atoms with E-state index in [1.54, 1.807) is 25.3 Å². The second-order valence-corrected chi connectivity index (χ2v) is 8.23. The lowest BCUT2D eigenvalue weighted by Crippen LogP contribution is -2.44. The lowest BCUT2D eigenvalue weighted by atomic mass is 9.99. The van der Waals surface area contributed by atoms with Crippen LogP contribution in [0.3, 0.4) is 0 Å². The number of carbonyl (C=O) groups excluding carboxylic acids is 1. The average molecular weight is 427 g/mol. The standard InChI is InChI=1S/C22H23FN4O2S/c1-29-17-10-8-15(9-11-17)13-24-22(28)27-12-4-5-16(14-27)20-25-26-21(30-20)18-6-2-3-7-19(18)23/h2-3,6-11,16H,4-5,12-14H2,1H3,(H,24,28). The van der Waals surface area contributed by atoms with Crippen LogP contribution in [0.2, 0.25) is 0 Å². The van der Waals surface area contributed by atoms with Gasteiger partial charge in [0.25, 0.3) is 0 Å². The minimum Gasteiger partial charge on any atom is -0.497 e. The van der Waals surface area contributed by atoms with Gasteiger partial charge < -0.3 is 15.0 Å². The molecule has 30 heavy (non-hydrogen) atoms. The predicted molar refractivity (Wildman–Crippen MR) is 114 cm³/mol. The number of nitrogens with one attached hydrogen (secondary N) is 1. The van der Waals surface area contributed by atoms with Crippen molar-refractivity contribution >= 4 is 17.4 Å². The normalized spacial score (nSPS) is 16.3. The van der Waals surface area contributed by atoms with E-state index >= 15 is 0 Å². The maximum Gasteiger partial charge on any atom is 0.317 e. The van der Waals surface area contributed by atoms with Gasteiger partial charge in [-0.25, -0.2) is 9.18 Å². The minimum absolute atomic E-state index is 0.0886. The van der Waals surface area contributed by atoms with Crippen LogP contribution in [0, 0.1) is 5.82 Å². The second-order valence-electron chi connectivity index (χ2n) is 7.22. The molecule has 1 aliphatic heterocycles. The van der Waals surface area contributed by atoms with Crippen molar-refractivity contribution in [3.63, 3.8) is 0 Å². The predicted octanol–water partition coefficient (Wildman–Crippen LogP) is 4.44. The third-order valence-corrected chi connectivity index (χ3v) is 6.32. The highest BCUT2D eigenvalue weighted by atomic mass is 32.1. The molecular weight excluding hydrogens is 403 g/mol. The van der Waals surface area contributed by atoms with E-state index in [0.29, 0.717) is 30.2 Å². The quantitative estimate of drug-likeness (QED) is 0.655. The van der Waals surface area contributed by atoms with E-state index in [9.17, 15) is 9.18 Å². The van der Waals surface area contributed by atoms with Crippen LogP contribution >= 0.6 is 11.3 Å². The molecule has 3 aromatic rings. The maximum atomic E-state index is 14.0. The second kappa shape index (κ2) is 9.21. The Labute approximate surface area is 178 Å². The average Bonchev–Trinajstić information content (AvgIpc) is 3.28. The van der Waals surface area contributed by atoms with E-state index in [4.69, 9.17) is 4.74 Å². The molecule has 156 valence electrons. The molecule has 2 aromatic carbocycles. The zero-order chi connectivity index (χ0) is 20.9. The van der Waals surface area contributed by atoms with Crippen molar-refractivity contribution in [3.8, 4) is 16.3 Å². The largest absolute Gasteiger partial charge is 0.497 e. The highest BCUT2D eigenvalue weighted by Gasteiger charge is 2.27. The summed E-state index contributed by atoms with van der Waals surface area (Å²) in [4.78, 5) is 14.5. The van der Waals surface area contributed by atoms with Gasteiger partial charge >= 0.3 is 6.03 Å². The summed E-state index contributed by atoms with van der Waals surface area (Å²) in [6, 6.07) is 14.1. The summed E-state index contributed by atoms with van der Waals surface area (Å²) in [6.45, 7) is 1.75. The number of amides is 2. The number of urea groups is 1. The minimum atomic E-state index is -0.302. The third kappa shape index (κ3) is 4.59. The number of nitrogens with zero attached hydrogens (tertiary/aromatic N) is 3. The Kier molecular flexibility index (Phi) is 6.23. The third-order valence-electron chi connectivity index (χ3n) is 5.21. The molecule has 0 aliphatic carbocycles. The van der Waals surface area contributed by atoms with Crippen molar-refractivity contribution in [3.05, 3.63) is 64.9 Å². The van der Waals surface area contributed by atoms with Gasteiger partial charge in [-0.15, -0.1) is 10.2 Å². The van der Waals surface area contributed by atoms with Gasteiger partial charge in [-0.3, -0.25) is 0 Å². The molecule has 1 unspecified atom stereocenters. The highest BCUT2D eigenvalue weighted by Crippen LogP contribution is 2.33. The zero-order valence-electron chi connectivity index (χ0n) is 16.7. The van der Waals surface area contributed by atoms with E-state index in [0.717, 1.165) is 29.2 Å². The van der Waals surface area contributed by atoms with Crippen LogP contribution in [-0.4, -0.2) is 41.3 Å². The molecule has 0 bridgehead atoms. The molecule has 2 amide bonds. The number of hydrogen-bond donors (Lipinski definition) is 1. The molecule has 0 saturated carbocycles. The number of ether oxygens (including phenoxy) is 1. The van der Waals surface area contributed by atoms with Crippen LogP contribution in [0.1, 0.15) is 29.3 Å². The monoisotopic (exact) mass is 426 g/mol. The summed E-state index contributed by atoms with van der Waals surface area (Å²) >= 11 is 1.40. The van der Waals surface area contributed by atoms with E-state index in [1.165, 1.54) is 17.4 Å². The molecule has 1 aliphatic rings. The van der Waals surface area contributed by atoms with E-state index < -0.39 is 0 Å². The van der Waals surface area contributed by atoms with Crippen molar-refractivity contribution in [2.24, 2.45) is 0 Å². The molecule has 1 aromatic heterocycles. The molecule has 8 heteroatoms. The number of benzene rings is 2. The van der Waals surface area contributed by atoms with Crippen molar-refractivity contribution in [2.75, 3.05) is 20.2 Å². The summed E-state index contributed by atoms with van der Waals surface area (Å²) in [7, 11) is 1.63. The number of halogens is 1. The van der Waals surface area contributed by atoms with Gasteiger partial charge in [-0.1, -0.05) is 35.6 Å². The van der Waals surface area contributed by atoms with E-state index in [1.807, 2.05) is 29.2 Å². The van der Waals surface area contributed by atoms with Crippen LogP contribution in [0.5, 0.6) is 5.75 Å². The van der Waals surface area contributed by atoms with Gasteiger partial charge in [0, 0.05) is 31.1 Å². The summed E-state index contributed by atoms with van der Waals surface area (Å²) in [5.74, 6) is 0.600. The SMILES string of the molecule is COc1ccc(CNC(=O)N2CCCC(c3nnc(-c4ccccc4F)s3)C2)cc1. The fourth-order valence-electron chi connectivity index (χ4n) is 3.54. The Morgan fingerprint density at radius 2 is 2.03 bits per heavy atom. The van der Waals surface area contributed by atoms with Gasteiger partial charge in [-0.05, 0) is 42.7 Å². The Morgan fingerprint density at radius 1 is 1.23 bits per heavy atom. The number of likely N-dealkylation sites (tertiary alicyclic amines) is 1. The molecular formula is C22H23FN4O2S. The van der Waals surface area contributed by atoms with Crippen LogP contribution in [0.15, 0.2) is 48.5 Å². The van der Waals surface area contributed by atoms with Crippen molar-refractivity contribution in [2.45, 2.75) is 25.3 Å². The zero-order valence-corrected chi connectivity index (χ0v) is 17.5. The highest BCUT2D eigenvalue weighted by molar-refractivity contribution is 7.14. The molecule has 6 nitrogen and oxygen atoms in total. The summed E-state index contributed by atoms with van der Waals surface area (Å²) in [5, 5.41) is 12.9. The molecule has 1 saturated heterocycles. The van der Waals surface area contributed by atoms with Gasteiger partial charge in [-0.2, -0.15) is 0 Å². The first-order chi connectivity index (χ1) is 14.6. The number of rotatable bonds is 5. The molecule has 0 spiro atoms. The summed E-state index contributed by atoms with van der Waals surface area (Å²) < 4.78 is 19.2. The van der Waals surface area contributed by atoms with Gasteiger partial charge in [0.15, 0.2) is 5.01 Å². The number of piperidine rings is 1. The molecule has 4 rings (SSSR count).